The van der Waals surface area contributed by atoms with Gasteiger partial charge in [0, 0.05) is 35.5 Å². The second-order valence-corrected chi connectivity index (χ2v) is 8.64. The zero-order valence-electron chi connectivity index (χ0n) is 18.9. The normalized spacial score (nSPS) is 18.1. The van der Waals surface area contributed by atoms with E-state index in [2.05, 4.69) is 10.3 Å². The van der Waals surface area contributed by atoms with Crippen LogP contribution in [0.1, 0.15) is 36.0 Å². The van der Waals surface area contributed by atoms with Crippen molar-refractivity contribution in [3.8, 4) is 28.2 Å². The molecule has 1 aliphatic carbocycles. The number of nitrogens with two attached hydrogens (primary N) is 1. The minimum absolute atomic E-state index is 0.0112. The maximum absolute atomic E-state index is 14.5. The Morgan fingerprint density at radius 2 is 1.97 bits per heavy atom. The summed E-state index contributed by atoms with van der Waals surface area (Å²) >= 11 is 0. The van der Waals surface area contributed by atoms with E-state index in [-0.39, 0.29) is 18.0 Å². The van der Waals surface area contributed by atoms with Crippen molar-refractivity contribution in [3.05, 3.63) is 72.2 Å². The van der Waals surface area contributed by atoms with E-state index in [0.717, 1.165) is 36.8 Å². The van der Waals surface area contributed by atoms with Crippen molar-refractivity contribution in [1.29, 1.82) is 0 Å². The van der Waals surface area contributed by atoms with Gasteiger partial charge in [0.05, 0.1) is 12.7 Å². The highest BCUT2D eigenvalue weighted by molar-refractivity contribution is 5.98. The van der Waals surface area contributed by atoms with Gasteiger partial charge >= 0.3 is 0 Å². The Balaban J connectivity index is 1.49. The third-order valence-corrected chi connectivity index (χ3v) is 6.42. The van der Waals surface area contributed by atoms with Gasteiger partial charge in [-0.05, 0) is 54.8 Å². The second-order valence-electron chi connectivity index (χ2n) is 8.64. The molecule has 2 aromatic carbocycles. The zero-order chi connectivity index (χ0) is 23.7. The minimum Gasteiger partial charge on any atom is -0.497 e. The fourth-order valence-corrected chi connectivity index (χ4v) is 4.54. The monoisotopic (exact) mass is 459 g/mol. The lowest BCUT2D eigenvalue weighted by atomic mass is 9.91. The molecule has 0 aliphatic heterocycles. The van der Waals surface area contributed by atoms with Crippen LogP contribution in [0.5, 0.6) is 5.75 Å². The summed E-state index contributed by atoms with van der Waals surface area (Å²) in [7, 11) is 1.53. The Morgan fingerprint density at radius 1 is 1.12 bits per heavy atom. The average Bonchev–Trinajstić information content (AvgIpc) is 3.30. The van der Waals surface area contributed by atoms with E-state index >= 15 is 0 Å². The fourth-order valence-electron chi connectivity index (χ4n) is 4.54. The van der Waals surface area contributed by atoms with Gasteiger partial charge in [-0.1, -0.05) is 25.0 Å². The van der Waals surface area contributed by atoms with Gasteiger partial charge in [0.1, 0.15) is 22.8 Å². The van der Waals surface area contributed by atoms with Gasteiger partial charge in [-0.3, -0.25) is 9.78 Å². The Kier molecular flexibility index (Phi) is 6.02. The molecule has 1 fully saturated rings. The average molecular weight is 460 g/mol. The smallest absolute Gasteiger partial charge is 0.251 e. The summed E-state index contributed by atoms with van der Waals surface area (Å²) in [4.78, 5) is 17.3. The largest absolute Gasteiger partial charge is 0.497 e. The summed E-state index contributed by atoms with van der Waals surface area (Å²) in [6, 6.07) is 15.4. The molecule has 2 heterocycles. The summed E-state index contributed by atoms with van der Waals surface area (Å²) in [6.45, 7) is 0. The lowest BCUT2D eigenvalue weighted by Gasteiger charge is -2.29. The number of fused-ring (bicyclic) bond motifs is 1. The summed E-state index contributed by atoms with van der Waals surface area (Å²) in [6.07, 6.45) is 5.67. The Bertz CT molecular complexity index is 1350. The third kappa shape index (κ3) is 4.26. The first-order valence-corrected chi connectivity index (χ1v) is 11.4. The molecule has 0 saturated heterocycles. The number of carbonyl (C=O) groups excluding carboxylic acids is 1. The van der Waals surface area contributed by atoms with Crippen LogP contribution >= 0.6 is 0 Å². The Morgan fingerprint density at radius 3 is 2.79 bits per heavy atom. The summed E-state index contributed by atoms with van der Waals surface area (Å²) in [5, 5.41) is 3.09. The van der Waals surface area contributed by atoms with Crippen LogP contribution in [0.2, 0.25) is 0 Å². The first-order valence-electron chi connectivity index (χ1n) is 11.4. The first kappa shape index (κ1) is 22.1. The van der Waals surface area contributed by atoms with Crippen LogP contribution in [0, 0.1) is 5.82 Å². The quantitative estimate of drug-likeness (QED) is 0.422. The molecule has 2 atom stereocenters. The molecule has 174 valence electrons. The van der Waals surface area contributed by atoms with E-state index in [4.69, 9.17) is 14.9 Å². The third-order valence-electron chi connectivity index (χ3n) is 6.42. The van der Waals surface area contributed by atoms with Crippen LogP contribution in [0.4, 0.5) is 4.39 Å². The summed E-state index contributed by atoms with van der Waals surface area (Å²) < 4.78 is 25.8. The molecular formula is C27H26FN3O3. The van der Waals surface area contributed by atoms with Crippen LogP contribution in [0.3, 0.4) is 0 Å². The highest BCUT2D eigenvalue weighted by atomic mass is 19.1. The number of hydrogen-bond acceptors (Lipinski definition) is 5. The van der Waals surface area contributed by atoms with Gasteiger partial charge < -0.3 is 20.2 Å². The van der Waals surface area contributed by atoms with Crippen LogP contribution in [0.25, 0.3) is 33.6 Å². The molecule has 6 nitrogen and oxygen atoms in total. The molecule has 0 radical (unpaired) electrons. The number of carbonyl (C=O) groups is 1. The van der Waals surface area contributed by atoms with Crippen molar-refractivity contribution in [2.75, 3.05) is 7.11 Å². The number of aromatic nitrogens is 1. The number of hydrogen-bond donors (Lipinski definition) is 2. The van der Waals surface area contributed by atoms with Gasteiger partial charge in [0.2, 0.25) is 0 Å². The molecule has 4 aromatic rings. The number of furan rings is 1. The van der Waals surface area contributed by atoms with E-state index in [1.54, 1.807) is 30.5 Å². The number of ether oxygens (including phenoxy) is 1. The highest BCUT2D eigenvalue weighted by Crippen LogP contribution is 2.36. The molecule has 7 heteroatoms. The van der Waals surface area contributed by atoms with Crippen LogP contribution < -0.4 is 15.8 Å². The van der Waals surface area contributed by atoms with Crippen molar-refractivity contribution >= 4 is 17.0 Å². The van der Waals surface area contributed by atoms with Gasteiger partial charge in [0.15, 0.2) is 5.58 Å². The lowest BCUT2D eigenvalue weighted by molar-refractivity contribution is 0.0921. The molecule has 1 aliphatic rings. The predicted molar refractivity (Wildman–Crippen MR) is 129 cm³/mol. The maximum Gasteiger partial charge on any atom is 0.251 e. The van der Waals surface area contributed by atoms with Gasteiger partial charge in [-0.25, -0.2) is 4.39 Å². The van der Waals surface area contributed by atoms with Gasteiger partial charge in [-0.2, -0.15) is 0 Å². The van der Waals surface area contributed by atoms with E-state index in [1.165, 1.54) is 13.2 Å². The van der Waals surface area contributed by atoms with Crippen molar-refractivity contribution in [3.63, 3.8) is 0 Å². The van der Waals surface area contributed by atoms with Crippen molar-refractivity contribution in [1.82, 2.24) is 10.3 Å². The number of nitrogens with one attached hydrogen (secondary N) is 1. The van der Waals surface area contributed by atoms with Gasteiger partial charge in [-0.15, -0.1) is 0 Å². The van der Waals surface area contributed by atoms with Crippen molar-refractivity contribution < 1.29 is 18.3 Å². The summed E-state index contributed by atoms with van der Waals surface area (Å²) in [5.74, 6) is 0.321. The number of pyridine rings is 1. The predicted octanol–water partition coefficient (Wildman–Crippen LogP) is 5.31. The molecule has 2 unspecified atom stereocenters. The zero-order valence-corrected chi connectivity index (χ0v) is 18.9. The SMILES string of the molecule is COc1ccc(F)c(-c2cc3nccc(-c4cccc(C(=O)NC5CCCCC5N)c4)c3o2)c1. The molecule has 3 N–H and O–H groups in total. The second kappa shape index (κ2) is 9.27. The van der Waals surface area contributed by atoms with Crippen LogP contribution in [-0.4, -0.2) is 30.1 Å². The molecule has 2 aromatic heterocycles. The van der Waals surface area contributed by atoms with Crippen molar-refractivity contribution in [2.45, 2.75) is 37.8 Å². The molecular weight excluding hydrogens is 433 g/mol. The lowest BCUT2D eigenvalue weighted by Crippen LogP contribution is -2.49. The van der Waals surface area contributed by atoms with E-state index in [0.29, 0.717) is 33.7 Å². The van der Waals surface area contributed by atoms with E-state index in [9.17, 15) is 9.18 Å². The Hall–Kier alpha value is -3.71. The molecule has 0 spiro atoms. The Labute approximate surface area is 196 Å². The standard InChI is InChI=1S/C27H26FN3O3/c1-33-18-9-10-21(28)20(14-18)25-15-24-26(34-25)19(11-12-30-24)16-5-4-6-17(13-16)27(32)31-23-8-3-2-7-22(23)29/h4-6,9-15,22-23H,2-3,7-8,29H2,1H3,(H,31,32). The molecule has 1 saturated carbocycles. The molecule has 0 bridgehead atoms. The number of rotatable bonds is 5. The van der Waals surface area contributed by atoms with Crippen molar-refractivity contribution in [2.24, 2.45) is 5.73 Å². The molecule has 5 rings (SSSR count). The van der Waals surface area contributed by atoms with Gasteiger partial charge in [0.25, 0.3) is 5.91 Å². The minimum atomic E-state index is -0.416. The fraction of sp³-hybridized carbons (Fsp3) is 0.259. The number of halogens is 1. The first-order chi connectivity index (χ1) is 16.5. The topological polar surface area (TPSA) is 90.4 Å². The van der Waals surface area contributed by atoms with E-state index in [1.807, 2.05) is 24.3 Å². The number of amides is 1. The van der Waals surface area contributed by atoms with E-state index < -0.39 is 5.82 Å². The van der Waals surface area contributed by atoms with Crippen LogP contribution in [0.15, 0.2) is 65.2 Å². The summed E-state index contributed by atoms with van der Waals surface area (Å²) in [5.41, 5.74) is 9.73. The highest BCUT2D eigenvalue weighted by Gasteiger charge is 2.24. The number of nitrogens with zero attached hydrogens (tertiary/aromatic N) is 1. The molecule has 34 heavy (non-hydrogen) atoms. The maximum atomic E-state index is 14.5. The van der Waals surface area contributed by atoms with Crippen LogP contribution in [-0.2, 0) is 0 Å². The number of benzene rings is 2. The number of methoxy groups -OCH3 is 1. The molecule has 1 amide bonds.